The molecule has 2 aliphatic rings. The number of fused-ring (bicyclic) bond motifs is 2. The molecule has 2 fully saturated rings. The first kappa shape index (κ1) is 16.1. The van der Waals surface area contributed by atoms with Crippen molar-refractivity contribution in [2.45, 2.75) is 58.8 Å². The number of hydrogen-bond acceptors (Lipinski definition) is 5. The Morgan fingerprint density at radius 1 is 1.22 bits per heavy atom. The van der Waals surface area contributed by atoms with Crippen molar-refractivity contribution in [3.8, 4) is 0 Å². The molecular weight excluding hydrogens is 292 g/mol. The third kappa shape index (κ3) is 3.01. The number of carbonyl (C=O) groups excluding carboxylic acids is 2. The molecule has 2 unspecified atom stereocenters. The molecule has 2 aliphatic carbocycles. The molecule has 3 rings (SSSR count). The van der Waals surface area contributed by atoms with E-state index >= 15 is 0 Å². The maximum atomic E-state index is 12.6. The molecule has 23 heavy (non-hydrogen) atoms. The summed E-state index contributed by atoms with van der Waals surface area (Å²) in [5, 5.41) is 0. The maximum Gasteiger partial charge on any atom is 0.312 e. The van der Waals surface area contributed by atoms with Gasteiger partial charge in [0.15, 0.2) is 5.78 Å². The molecule has 0 aliphatic heterocycles. The van der Waals surface area contributed by atoms with E-state index < -0.39 is 0 Å². The van der Waals surface area contributed by atoms with Crippen molar-refractivity contribution in [2.24, 2.45) is 10.8 Å². The van der Waals surface area contributed by atoms with Gasteiger partial charge in [0, 0.05) is 12.6 Å². The molecule has 1 heterocycles. The fraction of sp³-hybridized carbons (Fsp3) is 0.667. The van der Waals surface area contributed by atoms with Crippen LogP contribution >= 0.6 is 0 Å². The highest BCUT2D eigenvalue weighted by atomic mass is 16.5. The Bertz CT molecular complexity index is 630. The summed E-state index contributed by atoms with van der Waals surface area (Å²) >= 11 is 0. The summed E-state index contributed by atoms with van der Waals surface area (Å²) in [7, 11) is 0. The average molecular weight is 316 g/mol. The lowest BCUT2D eigenvalue weighted by atomic mass is 9.67. The van der Waals surface area contributed by atoms with Crippen molar-refractivity contribution >= 4 is 11.8 Å². The van der Waals surface area contributed by atoms with E-state index in [4.69, 9.17) is 4.74 Å². The summed E-state index contributed by atoms with van der Waals surface area (Å²) in [5.41, 5.74) is 0.781. The molecule has 2 atom stereocenters. The lowest BCUT2D eigenvalue weighted by Crippen LogP contribution is -2.36. The minimum absolute atomic E-state index is 0.0442. The van der Waals surface area contributed by atoms with Crippen LogP contribution < -0.4 is 0 Å². The van der Waals surface area contributed by atoms with Crippen LogP contribution in [0.5, 0.6) is 0 Å². The van der Waals surface area contributed by atoms with Gasteiger partial charge >= 0.3 is 5.97 Å². The molecule has 0 N–H and O–H groups in total. The molecule has 0 saturated heterocycles. The van der Waals surface area contributed by atoms with Crippen molar-refractivity contribution in [1.29, 1.82) is 0 Å². The number of carbonyl (C=O) groups is 2. The summed E-state index contributed by atoms with van der Waals surface area (Å²) in [6, 6.07) is 0. The molecule has 2 saturated carbocycles. The van der Waals surface area contributed by atoms with E-state index in [-0.39, 0.29) is 22.6 Å². The van der Waals surface area contributed by atoms with Crippen LogP contribution in [-0.2, 0) is 9.53 Å². The quantitative estimate of drug-likeness (QED) is 0.616. The van der Waals surface area contributed by atoms with Gasteiger partial charge in [-0.15, -0.1) is 0 Å². The Kier molecular flexibility index (Phi) is 4.21. The highest BCUT2D eigenvalue weighted by Crippen LogP contribution is 2.60. The number of rotatable bonds is 5. The average Bonchev–Trinajstić information content (AvgIpc) is 2.79. The van der Waals surface area contributed by atoms with Crippen molar-refractivity contribution < 1.29 is 14.3 Å². The van der Waals surface area contributed by atoms with Crippen molar-refractivity contribution in [2.75, 3.05) is 6.61 Å². The van der Waals surface area contributed by atoms with Gasteiger partial charge in [-0.25, -0.2) is 4.98 Å². The van der Waals surface area contributed by atoms with E-state index in [0.29, 0.717) is 18.7 Å². The monoisotopic (exact) mass is 316 g/mol. The van der Waals surface area contributed by atoms with Crippen LogP contribution in [0.25, 0.3) is 0 Å². The van der Waals surface area contributed by atoms with E-state index in [1.165, 1.54) is 0 Å². The van der Waals surface area contributed by atoms with Crippen LogP contribution in [-0.4, -0.2) is 28.3 Å². The predicted molar refractivity (Wildman–Crippen MR) is 84.9 cm³/mol. The Hall–Kier alpha value is -1.78. The highest BCUT2D eigenvalue weighted by molar-refractivity contribution is 5.94. The fourth-order valence-corrected chi connectivity index (χ4v) is 4.46. The van der Waals surface area contributed by atoms with Crippen molar-refractivity contribution in [3.63, 3.8) is 0 Å². The standard InChI is InChI=1S/C18H24N2O3/c1-3-23-16(22)18-6-4-5-17(12-18,7-8-18)9-15(21)14-11-19-10-13(2)20-14/h10-11H,3-9,12H2,1-2H3. The normalized spacial score (nSPS) is 29.3. The Labute approximate surface area is 136 Å². The van der Waals surface area contributed by atoms with Gasteiger partial charge in [0.1, 0.15) is 5.69 Å². The van der Waals surface area contributed by atoms with Crippen molar-refractivity contribution in [3.05, 3.63) is 23.8 Å². The summed E-state index contributed by atoms with van der Waals surface area (Å²) in [6.45, 7) is 4.11. The third-order valence-corrected chi connectivity index (χ3v) is 5.49. The van der Waals surface area contributed by atoms with Gasteiger partial charge < -0.3 is 4.74 Å². The number of aromatic nitrogens is 2. The molecule has 0 radical (unpaired) electrons. The number of nitrogens with zero attached hydrogens (tertiary/aromatic N) is 2. The van der Waals surface area contributed by atoms with Gasteiger partial charge in [0.05, 0.1) is 23.9 Å². The van der Waals surface area contributed by atoms with E-state index in [2.05, 4.69) is 9.97 Å². The van der Waals surface area contributed by atoms with Gasteiger partial charge in [0.2, 0.25) is 0 Å². The first-order chi connectivity index (χ1) is 11.0. The molecular formula is C18H24N2O3. The first-order valence-electron chi connectivity index (χ1n) is 8.48. The molecule has 2 bridgehead atoms. The van der Waals surface area contributed by atoms with Crippen LogP contribution in [0.2, 0.25) is 0 Å². The highest BCUT2D eigenvalue weighted by Gasteiger charge is 2.56. The summed E-state index contributed by atoms with van der Waals surface area (Å²) in [4.78, 5) is 33.4. The smallest absolute Gasteiger partial charge is 0.312 e. The van der Waals surface area contributed by atoms with Crippen LogP contribution in [0.1, 0.15) is 68.1 Å². The molecule has 0 aromatic carbocycles. The SMILES string of the molecule is CCOC(=O)C12CCCC(CC(=O)c3cncc(C)n3)(CC1)C2. The van der Waals surface area contributed by atoms with Gasteiger partial charge in [-0.1, -0.05) is 6.42 Å². The number of hydrogen-bond donors (Lipinski definition) is 0. The Morgan fingerprint density at radius 3 is 2.78 bits per heavy atom. The predicted octanol–water partition coefficient (Wildman–Crippen LogP) is 3.26. The zero-order chi connectivity index (χ0) is 16.5. The van der Waals surface area contributed by atoms with Crippen LogP contribution in [0.3, 0.4) is 0 Å². The molecule has 0 spiro atoms. The number of ketones is 1. The summed E-state index contributed by atoms with van der Waals surface area (Å²) < 4.78 is 5.31. The molecule has 1 aromatic rings. The van der Waals surface area contributed by atoms with Gasteiger partial charge in [-0.3, -0.25) is 14.6 Å². The van der Waals surface area contributed by atoms with Crippen LogP contribution in [0.4, 0.5) is 0 Å². The van der Waals surface area contributed by atoms with Gasteiger partial charge in [-0.2, -0.15) is 0 Å². The molecule has 0 amide bonds. The van der Waals surface area contributed by atoms with E-state index in [1.807, 2.05) is 13.8 Å². The molecule has 124 valence electrons. The molecule has 1 aromatic heterocycles. The van der Waals surface area contributed by atoms with Crippen LogP contribution in [0.15, 0.2) is 12.4 Å². The number of ether oxygens (including phenoxy) is 1. The largest absolute Gasteiger partial charge is 0.466 e. The van der Waals surface area contributed by atoms with E-state index in [9.17, 15) is 9.59 Å². The summed E-state index contributed by atoms with van der Waals surface area (Å²) in [5.74, 6) is -0.0212. The number of Topliss-reactive ketones (excluding diaryl/α,β-unsaturated/α-hetero) is 1. The Balaban J connectivity index is 1.76. The van der Waals surface area contributed by atoms with Crippen molar-refractivity contribution in [1.82, 2.24) is 9.97 Å². The zero-order valence-electron chi connectivity index (χ0n) is 13.9. The van der Waals surface area contributed by atoms with Gasteiger partial charge in [0.25, 0.3) is 0 Å². The van der Waals surface area contributed by atoms with Crippen LogP contribution in [0, 0.1) is 17.8 Å². The lowest BCUT2D eigenvalue weighted by Gasteiger charge is -2.37. The summed E-state index contributed by atoms with van der Waals surface area (Å²) in [6.07, 6.45) is 9.11. The second-order valence-corrected chi connectivity index (χ2v) is 7.18. The second-order valence-electron chi connectivity index (χ2n) is 7.18. The van der Waals surface area contributed by atoms with Gasteiger partial charge in [-0.05, 0) is 51.4 Å². The van der Waals surface area contributed by atoms with E-state index in [1.54, 1.807) is 12.4 Å². The van der Waals surface area contributed by atoms with E-state index in [0.717, 1.165) is 44.2 Å². The Morgan fingerprint density at radius 2 is 2.04 bits per heavy atom. The first-order valence-corrected chi connectivity index (χ1v) is 8.48. The zero-order valence-corrected chi connectivity index (χ0v) is 13.9. The third-order valence-electron chi connectivity index (χ3n) is 5.49. The minimum Gasteiger partial charge on any atom is -0.466 e. The second kappa shape index (κ2) is 6.02. The molecule has 5 heteroatoms. The topological polar surface area (TPSA) is 69.2 Å². The number of esters is 1. The lowest BCUT2D eigenvalue weighted by molar-refractivity contribution is -0.157. The fourth-order valence-electron chi connectivity index (χ4n) is 4.46. The molecule has 5 nitrogen and oxygen atoms in total. The maximum absolute atomic E-state index is 12.6. The minimum atomic E-state index is -0.354. The number of aryl methyl sites for hydroxylation is 1.